The highest BCUT2D eigenvalue weighted by Gasteiger charge is 2.19. The quantitative estimate of drug-likeness (QED) is 0.833. The second kappa shape index (κ2) is 7.35. The molecule has 0 bridgehead atoms. The first-order chi connectivity index (χ1) is 12.4. The molecule has 3 rings (SSSR count). The number of ether oxygens (including phenoxy) is 2. The molecule has 0 unspecified atom stereocenters. The van der Waals surface area contributed by atoms with Crippen molar-refractivity contribution in [2.45, 2.75) is 18.4 Å². The third-order valence-electron chi connectivity index (χ3n) is 4.16. The Balaban J connectivity index is 1.76. The Kier molecular flexibility index (Phi) is 5.15. The van der Waals surface area contributed by atoms with Crippen LogP contribution in [0.25, 0.3) is 0 Å². The first-order valence-electron chi connectivity index (χ1n) is 8.16. The summed E-state index contributed by atoms with van der Waals surface area (Å²) < 4.78 is 36.5. The van der Waals surface area contributed by atoms with E-state index >= 15 is 0 Å². The van der Waals surface area contributed by atoms with E-state index in [-0.39, 0.29) is 17.6 Å². The summed E-state index contributed by atoms with van der Waals surface area (Å²) in [6.07, 6.45) is 0. The molecule has 0 aliphatic carbocycles. The van der Waals surface area contributed by atoms with Gasteiger partial charge in [0.2, 0.25) is 16.8 Å². The zero-order chi connectivity index (χ0) is 18.7. The summed E-state index contributed by atoms with van der Waals surface area (Å²) in [7, 11) is -2.18. The Labute approximate surface area is 152 Å². The largest absolute Gasteiger partial charge is 0.454 e. The van der Waals surface area contributed by atoms with Crippen molar-refractivity contribution in [3.63, 3.8) is 0 Å². The van der Waals surface area contributed by atoms with E-state index < -0.39 is 10.0 Å². The maximum atomic E-state index is 12.7. The van der Waals surface area contributed by atoms with Crippen molar-refractivity contribution in [2.24, 2.45) is 0 Å². The Morgan fingerprint density at radius 3 is 2.46 bits per heavy atom. The maximum absolute atomic E-state index is 12.7. The number of hydrogen-bond donors (Lipinski definition) is 1. The number of rotatable bonds is 6. The van der Waals surface area contributed by atoms with Crippen LogP contribution in [0, 0.1) is 0 Å². The molecule has 0 saturated carbocycles. The fourth-order valence-electron chi connectivity index (χ4n) is 2.66. The van der Waals surface area contributed by atoms with Gasteiger partial charge in [-0.1, -0.05) is 6.07 Å². The van der Waals surface area contributed by atoms with Crippen LogP contribution in [0.5, 0.6) is 11.5 Å². The molecule has 8 heteroatoms. The highest BCUT2D eigenvalue weighted by molar-refractivity contribution is 7.89. The van der Waals surface area contributed by atoms with Gasteiger partial charge in [0.1, 0.15) is 0 Å². The minimum atomic E-state index is -3.52. The molecule has 1 amide bonds. The Morgan fingerprint density at radius 1 is 1.12 bits per heavy atom. The highest BCUT2D eigenvalue weighted by Crippen LogP contribution is 2.32. The third kappa shape index (κ3) is 3.66. The van der Waals surface area contributed by atoms with E-state index in [2.05, 4.69) is 4.72 Å². The lowest BCUT2D eigenvalue weighted by Crippen LogP contribution is -2.30. The van der Waals surface area contributed by atoms with Gasteiger partial charge in [-0.15, -0.1) is 0 Å². The van der Waals surface area contributed by atoms with Gasteiger partial charge in [0, 0.05) is 18.7 Å². The first kappa shape index (κ1) is 18.2. The molecule has 1 N–H and O–H groups in total. The van der Waals surface area contributed by atoms with Crippen LogP contribution in [0.3, 0.4) is 0 Å². The minimum absolute atomic E-state index is 0.121. The summed E-state index contributed by atoms with van der Waals surface area (Å²) >= 11 is 0. The molecule has 0 aromatic heterocycles. The van der Waals surface area contributed by atoms with Crippen molar-refractivity contribution in [3.05, 3.63) is 53.6 Å². The second-order valence-corrected chi connectivity index (χ2v) is 7.63. The van der Waals surface area contributed by atoms with E-state index in [0.29, 0.717) is 30.2 Å². The maximum Gasteiger partial charge on any atom is 0.254 e. The number of benzene rings is 2. The summed E-state index contributed by atoms with van der Waals surface area (Å²) in [5, 5.41) is 0. The minimum Gasteiger partial charge on any atom is -0.454 e. The molecule has 1 aliphatic rings. The SMILES string of the molecule is CCN(Cc1ccc2c(c1)OCO2)C(=O)c1ccc(S(=O)(=O)NC)cc1. The fraction of sp³-hybridized carbons (Fsp3) is 0.278. The monoisotopic (exact) mass is 376 g/mol. The zero-order valence-electron chi connectivity index (χ0n) is 14.6. The lowest BCUT2D eigenvalue weighted by Gasteiger charge is -2.21. The van der Waals surface area contributed by atoms with Crippen LogP contribution >= 0.6 is 0 Å². The number of hydrogen-bond acceptors (Lipinski definition) is 5. The summed E-state index contributed by atoms with van der Waals surface area (Å²) in [5.41, 5.74) is 1.36. The Bertz CT molecular complexity index is 910. The number of amides is 1. The van der Waals surface area contributed by atoms with Crippen molar-refractivity contribution in [1.29, 1.82) is 0 Å². The average molecular weight is 376 g/mol. The fourth-order valence-corrected chi connectivity index (χ4v) is 3.39. The molecular weight excluding hydrogens is 356 g/mol. The normalized spacial score (nSPS) is 12.8. The van der Waals surface area contributed by atoms with Crippen molar-refractivity contribution >= 4 is 15.9 Å². The summed E-state index contributed by atoms with van der Waals surface area (Å²) in [5.74, 6) is 1.20. The van der Waals surface area contributed by atoms with Crippen LogP contribution in [0.1, 0.15) is 22.8 Å². The summed E-state index contributed by atoms with van der Waals surface area (Å²) in [6.45, 7) is 3.04. The molecular formula is C18H20N2O5S. The smallest absolute Gasteiger partial charge is 0.254 e. The molecule has 26 heavy (non-hydrogen) atoms. The molecule has 0 radical (unpaired) electrons. The summed E-state index contributed by atoms with van der Waals surface area (Å²) in [4.78, 5) is 14.5. The third-order valence-corrected chi connectivity index (χ3v) is 5.59. The van der Waals surface area contributed by atoms with Crippen molar-refractivity contribution < 1.29 is 22.7 Å². The van der Waals surface area contributed by atoms with Gasteiger partial charge in [-0.25, -0.2) is 13.1 Å². The molecule has 138 valence electrons. The topological polar surface area (TPSA) is 84.9 Å². The molecule has 2 aromatic carbocycles. The van der Waals surface area contributed by atoms with E-state index in [0.717, 1.165) is 5.56 Å². The molecule has 2 aromatic rings. The summed E-state index contributed by atoms with van der Waals surface area (Å²) in [6, 6.07) is 11.5. The predicted molar refractivity (Wildman–Crippen MR) is 95.7 cm³/mol. The van der Waals surface area contributed by atoms with Crippen LogP contribution in [0.2, 0.25) is 0 Å². The van der Waals surface area contributed by atoms with E-state index in [1.165, 1.54) is 31.3 Å². The molecule has 7 nitrogen and oxygen atoms in total. The van der Waals surface area contributed by atoms with E-state index in [4.69, 9.17) is 9.47 Å². The number of carbonyl (C=O) groups is 1. The molecule has 0 spiro atoms. The van der Waals surface area contributed by atoms with Gasteiger partial charge in [-0.05, 0) is 55.9 Å². The molecule has 0 fully saturated rings. The molecule has 0 saturated heterocycles. The number of fused-ring (bicyclic) bond motifs is 1. The number of nitrogens with zero attached hydrogens (tertiary/aromatic N) is 1. The highest BCUT2D eigenvalue weighted by atomic mass is 32.2. The van der Waals surface area contributed by atoms with Crippen molar-refractivity contribution in [2.75, 3.05) is 20.4 Å². The van der Waals surface area contributed by atoms with Gasteiger partial charge in [0.25, 0.3) is 5.91 Å². The lowest BCUT2D eigenvalue weighted by molar-refractivity contribution is 0.0752. The van der Waals surface area contributed by atoms with Crippen LogP contribution in [-0.2, 0) is 16.6 Å². The molecule has 1 aliphatic heterocycles. The van der Waals surface area contributed by atoms with Gasteiger partial charge in [0.15, 0.2) is 11.5 Å². The van der Waals surface area contributed by atoms with Gasteiger partial charge in [-0.2, -0.15) is 0 Å². The number of nitrogens with one attached hydrogen (secondary N) is 1. The standard InChI is InChI=1S/C18H20N2O5S/c1-3-20(11-13-4-9-16-17(10-13)25-12-24-16)18(21)14-5-7-15(8-6-14)26(22,23)19-2/h4-10,19H,3,11-12H2,1-2H3. The van der Waals surface area contributed by atoms with Crippen LogP contribution in [0.15, 0.2) is 47.4 Å². The molecule has 1 heterocycles. The number of sulfonamides is 1. The predicted octanol–water partition coefficient (Wildman–Crippen LogP) is 1.99. The Hall–Kier alpha value is -2.58. The molecule has 0 atom stereocenters. The number of carbonyl (C=O) groups excluding carboxylic acids is 1. The van der Waals surface area contributed by atoms with Gasteiger partial charge >= 0.3 is 0 Å². The van der Waals surface area contributed by atoms with Crippen LogP contribution in [-0.4, -0.2) is 39.6 Å². The average Bonchev–Trinajstić information content (AvgIpc) is 3.13. The van der Waals surface area contributed by atoms with E-state index in [1.54, 1.807) is 4.90 Å². The van der Waals surface area contributed by atoms with Gasteiger partial charge < -0.3 is 14.4 Å². The van der Waals surface area contributed by atoms with Crippen molar-refractivity contribution in [1.82, 2.24) is 9.62 Å². The zero-order valence-corrected chi connectivity index (χ0v) is 15.4. The van der Waals surface area contributed by atoms with E-state index in [9.17, 15) is 13.2 Å². The van der Waals surface area contributed by atoms with E-state index in [1.807, 2.05) is 25.1 Å². The van der Waals surface area contributed by atoms with Crippen LogP contribution in [0.4, 0.5) is 0 Å². The van der Waals surface area contributed by atoms with Gasteiger partial charge in [0.05, 0.1) is 4.90 Å². The lowest BCUT2D eigenvalue weighted by atomic mass is 10.1. The van der Waals surface area contributed by atoms with Crippen molar-refractivity contribution in [3.8, 4) is 11.5 Å². The van der Waals surface area contributed by atoms with Gasteiger partial charge in [-0.3, -0.25) is 4.79 Å². The second-order valence-electron chi connectivity index (χ2n) is 5.74. The van der Waals surface area contributed by atoms with Crippen LogP contribution < -0.4 is 14.2 Å². The first-order valence-corrected chi connectivity index (χ1v) is 9.64. The Morgan fingerprint density at radius 2 is 1.81 bits per heavy atom.